The van der Waals surface area contributed by atoms with Crippen molar-refractivity contribution in [3.05, 3.63) is 35.9 Å². The first-order valence-corrected chi connectivity index (χ1v) is 7.04. The molecule has 22 heavy (non-hydrogen) atoms. The van der Waals surface area contributed by atoms with Crippen LogP contribution in [0.3, 0.4) is 0 Å². The molecule has 0 heterocycles. The zero-order valence-corrected chi connectivity index (χ0v) is 13.0. The highest BCUT2D eigenvalue weighted by atomic mass is 16.4. The van der Waals surface area contributed by atoms with E-state index in [-0.39, 0.29) is 0 Å². The standard InChI is InChI=1S/C15H23N3O4/c1-16(14(19)20)8-10-18(11-9-17(2)15(21)22)12-13-6-4-3-5-7-13/h3-7H,8-12H2,1-2H3,(H,19,20)(H,21,22). The minimum Gasteiger partial charge on any atom is -0.465 e. The third kappa shape index (κ3) is 6.45. The number of benzene rings is 1. The number of likely N-dealkylation sites (N-methyl/N-ethyl adjacent to an activating group) is 2. The zero-order chi connectivity index (χ0) is 16.5. The lowest BCUT2D eigenvalue weighted by Crippen LogP contribution is -2.39. The predicted molar refractivity (Wildman–Crippen MR) is 83.0 cm³/mol. The van der Waals surface area contributed by atoms with Gasteiger partial charge in [0.1, 0.15) is 0 Å². The Morgan fingerprint density at radius 3 is 1.73 bits per heavy atom. The van der Waals surface area contributed by atoms with E-state index in [0.717, 1.165) is 5.56 Å². The Morgan fingerprint density at radius 2 is 1.32 bits per heavy atom. The summed E-state index contributed by atoms with van der Waals surface area (Å²) >= 11 is 0. The number of carbonyl (C=O) groups is 2. The molecule has 7 heteroatoms. The van der Waals surface area contributed by atoms with E-state index in [1.54, 1.807) is 0 Å². The second-order valence-corrected chi connectivity index (χ2v) is 5.17. The summed E-state index contributed by atoms with van der Waals surface area (Å²) in [5.74, 6) is 0. The highest BCUT2D eigenvalue weighted by Crippen LogP contribution is 2.05. The van der Waals surface area contributed by atoms with Gasteiger partial charge in [0.2, 0.25) is 0 Å². The van der Waals surface area contributed by atoms with Crippen molar-refractivity contribution in [2.45, 2.75) is 6.54 Å². The van der Waals surface area contributed by atoms with Crippen molar-refractivity contribution in [1.82, 2.24) is 14.7 Å². The first kappa shape index (κ1) is 17.8. The monoisotopic (exact) mass is 309 g/mol. The summed E-state index contributed by atoms with van der Waals surface area (Å²) in [7, 11) is 3.04. The van der Waals surface area contributed by atoms with E-state index in [0.29, 0.717) is 32.7 Å². The molecule has 0 aliphatic heterocycles. The van der Waals surface area contributed by atoms with Crippen molar-refractivity contribution in [3.8, 4) is 0 Å². The van der Waals surface area contributed by atoms with E-state index in [1.807, 2.05) is 35.2 Å². The molecule has 1 aromatic rings. The highest BCUT2D eigenvalue weighted by molar-refractivity contribution is 5.64. The molecule has 0 aromatic heterocycles. The van der Waals surface area contributed by atoms with Gasteiger partial charge < -0.3 is 20.0 Å². The summed E-state index contributed by atoms with van der Waals surface area (Å²) in [5.41, 5.74) is 1.11. The number of amides is 2. The fraction of sp³-hybridized carbons (Fsp3) is 0.467. The number of hydrogen-bond donors (Lipinski definition) is 2. The summed E-state index contributed by atoms with van der Waals surface area (Å²) in [6.45, 7) is 2.50. The van der Waals surface area contributed by atoms with Crippen LogP contribution in [-0.2, 0) is 6.54 Å². The Morgan fingerprint density at radius 1 is 0.864 bits per heavy atom. The van der Waals surface area contributed by atoms with Gasteiger partial charge in [-0.2, -0.15) is 0 Å². The minimum absolute atomic E-state index is 0.374. The van der Waals surface area contributed by atoms with Crippen LogP contribution in [0.1, 0.15) is 5.56 Å². The number of nitrogens with zero attached hydrogens (tertiary/aromatic N) is 3. The SMILES string of the molecule is CN(CCN(CCN(C)C(=O)O)Cc1ccccc1)C(=O)O. The molecule has 2 amide bonds. The first-order chi connectivity index (χ1) is 10.4. The maximum atomic E-state index is 10.8. The van der Waals surface area contributed by atoms with Gasteiger partial charge in [-0.1, -0.05) is 30.3 Å². The molecule has 122 valence electrons. The lowest BCUT2D eigenvalue weighted by molar-refractivity contribution is 0.137. The molecule has 0 fully saturated rings. The normalized spacial score (nSPS) is 10.5. The van der Waals surface area contributed by atoms with E-state index >= 15 is 0 Å². The average molecular weight is 309 g/mol. The topological polar surface area (TPSA) is 84.3 Å². The molecular formula is C15H23N3O4. The Bertz CT molecular complexity index is 457. The Labute approximate surface area is 130 Å². The van der Waals surface area contributed by atoms with Crippen molar-refractivity contribution in [2.75, 3.05) is 40.3 Å². The second-order valence-electron chi connectivity index (χ2n) is 5.17. The van der Waals surface area contributed by atoms with Crippen molar-refractivity contribution in [3.63, 3.8) is 0 Å². The molecule has 1 rings (SSSR count). The van der Waals surface area contributed by atoms with Crippen LogP contribution in [0.2, 0.25) is 0 Å². The van der Waals surface area contributed by atoms with Gasteiger partial charge in [0.25, 0.3) is 0 Å². The summed E-state index contributed by atoms with van der Waals surface area (Å²) in [6.07, 6.45) is -1.94. The second kappa shape index (κ2) is 8.89. The van der Waals surface area contributed by atoms with Gasteiger partial charge in [-0.15, -0.1) is 0 Å². The molecule has 1 aromatic carbocycles. The molecule has 0 aliphatic rings. The molecule has 7 nitrogen and oxygen atoms in total. The summed E-state index contributed by atoms with van der Waals surface area (Å²) < 4.78 is 0. The number of rotatable bonds is 8. The van der Waals surface area contributed by atoms with Crippen molar-refractivity contribution in [2.24, 2.45) is 0 Å². The van der Waals surface area contributed by atoms with E-state index in [2.05, 4.69) is 0 Å². The fourth-order valence-corrected chi connectivity index (χ4v) is 1.89. The molecule has 2 N–H and O–H groups in total. The fourth-order valence-electron chi connectivity index (χ4n) is 1.89. The maximum absolute atomic E-state index is 10.8. The average Bonchev–Trinajstić information content (AvgIpc) is 2.49. The van der Waals surface area contributed by atoms with E-state index < -0.39 is 12.2 Å². The smallest absolute Gasteiger partial charge is 0.407 e. The molecule has 0 radical (unpaired) electrons. The third-order valence-corrected chi connectivity index (χ3v) is 3.41. The van der Waals surface area contributed by atoms with E-state index in [9.17, 15) is 9.59 Å². The highest BCUT2D eigenvalue weighted by Gasteiger charge is 2.12. The quantitative estimate of drug-likeness (QED) is 0.763. The molecule has 0 atom stereocenters. The largest absolute Gasteiger partial charge is 0.465 e. The van der Waals surface area contributed by atoms with Gasteiger partial charge in [-0.3, -0.25) is 4.90 Å². The molecule has 0 aliphatic carbocycles. The van der Waals surface area contributed by atoms with E-state index in [4.69, 9.17) is 10.2 Å². The van der Waals surface area contributed by atoms with Crippen molar-refractivity contribution in [1.29, 1.82) is 0 Å². The zero-order valence-electron chi connectivity index (χ0n) is 13.0. The van der Waals surface area contributed by atoms with E-state index in [1.165, 1.54) is 23.9 Å². The first-order valence-electron chi connectivity index (χ1n) is 7.04. The number of carboxylic acid groups (broad SMARTS) is 2. The van der Waals surface area contributed by atoms with Crippen LogP contribution in [0.4, 0.5) is 9.59 Å². The summed E-state index contributed by atoms with van der Waals surface area (Å²) in [6, 6.07) is 9.81. The molecular weight excluding hydrogens is 286 g/mol. The van der Waals surface area contributed by atoms with Crippen LogP contribution in [0.15, 0.2) is 30.3 Å². The maximum Gasteiger partial charge on any atom is 0.407 e. The van der Waals surface area contributed by atoms with Crippen LogP contribution >= 0.6 is 0 Å². The van der Waals surface area contributed by atoms with Gasteiger partial charge >= 0.3 is 12.2 Å². The van der Waals surface area contributed by atoms with Gasteiger partial charge in [-0.05, 0) is 5.56 Å². The molecule has 0 saturated heterocycles. The number of hydrogen-bond acceptors (Lipinski definition) is 3. The van der Waals surface area contributed by atoms with Crippen LogP contribution in [0.5, 0.6) is 0 Å². The van der Waals surface area contributed by atoms with Gasteiger partial charge in [-0.25, -0.2) is 9.59 Å². The van der Waals surface area contributed by atoms with Gasteiger partial charge in [0.15, 0.2) is 0 Å². The molecule has 0 unspecified atom stereocenters. The van der Waals surface area contributed by atoms with Crippen LogP contribution in [0, 0.1) is 0 Å². The summed E-state index contributed by atoms with van der Waals surface area (Å²) in [4.78, 5) is 26.2. The van der Waals surface area contributed by atoms with Crippen LogP contribution < -0.4 is 0 Å². The minimum atomic E-state index is -0.970. The Hall–Kier alpha value is -2.28. The van der Waals surface area contributed by atoms with Crippen LogP contribution in [0.25, 0.3) is 0 Å². The lowest BCUT2D eigenvalue weighted by atomic mass is 10.2. The molecule has 0 bridgehead atoms. The predicted octanol–water partition coefficient (Wildman–Crippen LogP) is 1.71. The van der Waals surface area contributed by atoms with Crippen LogP contribution in [-0.4, -0.2) is 77.4 Å². The molecule has 0 spiro atoms. The third-order valence-electron chi connectivity index (χ3n) is 3.41. The Kier molecular flexibility index (Phi) is 7.18. The van der Waals surface area contributed by atoms with Crippen molar-refractivity contribution >= 4 is 12.2 Å². The summed E-state index contributed by atoms with van der Waals surface area (Å²) in [5, 5.41) is 17.8. The lowest BCUT2D eigenvalue weighted by Gasteiger charge is -2.26. The Balaban J connectivity index is 2.59. The van der Waals surface area contributed by atoms with Gasteiger partial charge in [0, 0.05) is 46.8 Å². The molecule has 0 saturated carbocycles. The van der Waals surface area contributed by atoms with Gasteiger partial charge in [0.05, 0.1) is 0 Å². The van der Waals surface area contributed by atoms with Crippen molar-refractivity contribution < 1.29 is 19.8 Å².